The number of nitrogens with zero attached hydrogens (tertiary/aromatic N) is 2. The SMILES string of the molecule is CCOc1ccccc1NS(=O)(=O)c1cnn(C)c1. The average molecular weight is 281 g/mol. The van der Waals surface area contributed by atoms with Crippen molar-refractivity contribution in [2.75, 3.05) is 11.3 Å². The Morgan fingerprint density at radius 2 is 2.11 bits per heavy atom. The number of aryl methyl sites for hydroxylation is 1. The highest BCUT2D eigenvalue weighted by Crippen LogP contribution is 2.26. The molecule has 0 atom stereocenters. The van der Waals surface area contributed by atoms with E-state index in [1.807, 2.05) is 6.92 Å². The molecule has 0 aliphatic heterocycles. The molecule has 1 N–H and O–H groups in total. The lowest BCUT2D eigenvalue weighted by atomic mass is 10.3. The van der Waals surface area contributed by atoms with Crippen molar-refractivity contribution in [2.24, 2.45) is 7.05 Å². The van der Waals surface area contributed by atoms with Crippen molar-refractivity contribution < 1.29 is 13.2 Å². The Bertz CT molecular complexity index is 664. The summed E-state index contributed by atoms with van der Waals surface area (Å²) in [5.74, 6) is 0.498. The van der Waals surface area contributed by atoms with Gasteiger partial charge < -0.3 is 4.74 Å². The first-order chi connectivity index (χ1) is 9.03. The van der Waals surface area contributed by atoms with Crippen molar-refractivity contribution in [3.8, 4) is 5.75 Å². The second kappa shape index (κ2) is 5.31. The average Bonchev–Trinajstić information content (AvgIpc) is 2.79. The minimum atomic E-state index is -3.65. The molecule has 6 nitrogen and oxygen atoms in total. The van der Waals surface area contributed by atoms with Crippen molar-refractivity contribution in [3.63, 3.8) is 0 Å². The van der Waals surface area contributed by atoms with Gasteiger partial charge in [-0.25, -0.2) is 8.42 Å². The lowest BCUT2D eigenvalue weighted by Gasteiger charge is -2.11. The van der Waals surface area contributed by atoms with E-state index < -0.39 is 10.0 Å². The summed E-state index contributed by atoms with van der Waals surface area (Å²) in [5, 5.41) is 3.85. The lowest BCUT2D eigenvalue weighted by Crippen LogP contribution is -2.13. The minimum Gasteiger partial charge on any atom is -0.492 e. The van der Waals surface area contributed by atoms with Crippen LogP contribution < -0.4 is 9.46 Å². The lowest BCUT2D eigenvalue weighted by molar-refractivity contribution is 0.342. The molecular formula is C12H15N3O3S. The van der Waals surface area contributed by atoms with Crippen molar-refractivity contribution in [3.05, 3.63) is 36.7 Å². The zero-order valence-corrected chi connectivity index (χ0v) is 11.5. The van der Waals surface area contributed by atoms with Gasteiger partial charge in [-0.2, -0.15) is 5.10 Å². The molecule has 0 bridgehead atoms. The van der Waals surface area contributed by atoms with Gasteiger partial charge in [-0.05, 0) is 19.1 Å². The van der Waals surface area contributed by atoms with Crippen LogP contribution in [-0.2, 0) is 17.1 Å². The summed E-state index contributed by atoms with van der Waals surface area (Å²) >= 11 is 0. The number of hydrogen-bond donors (Lipinski definition) is 1. The molecule has 0 spiro atoms. The summed E-state index contributed by atoms with van der Waals surface area (Å²) in [6, 6.07) is 6.89. The van der Waals surface area contributed by atoms with Crippen LogP contribution in [0.4, 0.5) is 5.69 Å². The number of aromatic nitrogens is 2. The van der Waals surface area contributed by atoms with Gasteiger partial charge in [0.15, 0.2) is 0 Å². The molecule has 0 aliphatic carbocycles. The van der Waals surface area contributed by atoms with Gasteiger partial charge in [-0.15, -0.1) is 0 Å². The van der Waals surface area contributed by atoms with Crippen LogP contribution in [0.25, 0.3) is 0 Å². The first-order valence-electron chi connectivity index (χ1n) is 5.76. The van der Waals surface area contributed by atoms with Gasteiger partial charge in [0.05, 0.1) is 18.5 Å². The van der Waals surface area contributed by atoms with Crippen LogP contribution >= 0.6 is 0 Å². The van der Waals surface area contributed by atoms with E-state index >= 15 is 0 Å². The molecule has 7 heteroatoms. The third-order valence-electron chi connectivity index (χ3n) is 2.42. The zero-order valence-electron chi connectivity index (χ0n) is 10.7. The molecule has 1 heterocycles. The van der Waals surface area contributed by atoms with Gasteiger partial charge in [0, 0.05) is 13.2 Å². The van der Waals surface area contributed by atoms with Gasteiger partial charge in [0.2, 0.25) is 0 Å². The van der Waals surface area contributed by atoms with Gasteiger partial charge in [-0.1, -0.05) is 12.1 Å². The molecule has 0 radical (unpaired) electrons. The Kier molecular flexibility index (Phi) is 3.75. The Hall–Kier alpha value is -2.02. The number of nitrogens with one attached hydrogen (secondary N) is 1. The summed E-state index contributed by atoms with van der Waals surface area (Å²) in [6.07, 6.45) is 2.73. The molecule has 0 amide bonds. The normalized spacial score (nSPS) is 11.3. The number of para-hydroxylation sites is 2. The van der Waals surface area contributed by atoms with Crippen LogP contribution in [0.5, 0.6) is 5.75 Å². The maximum Gasteiger partial charge on any atom is 0.265 e. The molecule has 0 unspecified atom stereocenters. The fourth-order valence-electron chi connectivity index (χ4n) is 1.57. The Morgan fingerprint density at radius 1 is 1.37 bits per heavy atom. The van der Waals surface area contributed by atoms with E-state index in [4.69, 9.17) is 4.74 Å². The fraction of sp³-hybridized carbons (Fsp3) is 0.250. The molecule has 0 fully saturated rings. The van der Waals surface area contributed by atoms with E-state index in [2.05, 4.69) is 9.82 Å². The van der Waals surface area contributed by atoms with E-state index in [-0.39, 0.29) is 4.90 Å². The first kappa shape index (κ1) is 13.4. The van der Waals surface area contributed by atoms with E-state index in [1.165, 1.54) is 17.1 Å². The molecule has 19 heavy (non-hydrogen) atoms. The predicted molar refractivity (Wildman–Crippen MR) is 71.6 cm³/mol. The van der Waals surface area contributed by atoms with Gasteiger partial charge >= 0.3 is 0 Å². The van der Waals surface area contributed by atoms with E-state index in [1.54, 1.807) is 31.3 Å². The highest BCUT2D eigenvalue weighted by Gasteiger charge is 2.17. The van der Waals surface area contributed by atoms with Crippen LogP contribution in [0, 0.1) is 0 Å². The molecule has 2 rings (SSSR count). The summed E-state index contributed by atoms with van der Waals surface area (Å²) < 4.78 is 33.6. The predicted octanol–water partition coefficient (Wildman–Crippen LogP) is 1.62. The molecule has 1 aromatic heterocycles. The molecule has 1 aromatic carbocycles. The second-order valence-corrected chi connectivity index (χ2v) is 5.57. The molecule has 102 valence electrons. The molecular weight excluding hydrogens is 266 g/mol. The number of anilines is 1. The van der Waals surface area contributed by atoms with Gasteiger partial charge in [0.25, 0.3) is 10.0 Å². The van der Waals surface area contributed by atoms with Gasteiger partial charge in [0.1, 0.15) is 10.6 Å². The van der Waals surface area contributed by atoms with Crippen LogP contribution in [0.1, 0.15) is 6.92 Å². The Labute approximate surface area is 112 Å². The highest BCUT2D eigenvalue weighted by atomic mass is 32.2. The topological polar surface area (TPSA) is 73.2 Å². The minimum absolute atomic E-state index is 0.112. The number of benzene rings is 1. The number of ether oxygens (including phenoxy) is 1. The molecule has 0 saturated carbocycles. The molecule has 0 saturated heterocycles. The van der Waals surface area contributed by atoms with Crippen LogP contribution in [0.3, 0.4) is 0 Å². The zero-order chi connectivity index (χ0) is 13.9. The first-order valence-corrected chi connectivity index (χ1v) is 7.24. The largest absolute Gasteiger partial charge is 0.492 e. The van der Waals surface area contributed by atoms with Crippen molar-refractivity contribution in [2.45, 2.75) is 11.8 Å². The Morgan fingerprint density at radius 3 is 2.74 bits per heavy atom. The number of sulfonamides is 1. The quantitative estimate of drug-likeness (QED) is 0.903. The van der Waals surface area contributed by atoms with Crippen LogP contribution in [0.15, 0.2) is 41.6 Å². The monoisotopic (exact) mass is 281 g/mol. The maximum atomic E-state index is 12.2. The Balaban J connectivity index is 2.30. The number of hydrogen-bond acceptors (Lipinski definition) is 4. The summed E-state index contributed by atoms with van der Waals surface area (Å²) in [6.45, 7) is 2.30. The smallest absolute Gasteiger partial charge is 0.265 e. The number of rotatable bonds is 5. The van der Waals surface area contributed by atoms with Crippen molar-refractivity contribution in [1.29, 1.82) is 0 Å². The maximum absolute atomic E-state index is 12.2. The molecule has 2 aromatic rings. The van der Waals surface area contributed by atoms with Crippen molar-refractivity contribution in [1.82, 2.24) is 9.78 Å². The summed E-state index contributed by atoms with van der Waals surface area (Å²) in [4.78, 5) is 0.112. The van der Waals surface area contributed by atoms with Crippen molar-refractivity contribution >= 4 is 15.7 Å². The highest BCUT2D eigenvalue weighted by molar-refractivity contribution is 7.92. The summed E-state index contributed by atoms with van der Waals surface area (Å²) in [7, 11) is -1.99. The summed E-state index contributed by atoms with van der Waals surface area (Å²) in [5.41, 5.74) is 0.410. The van der Waals surface area contributed by atoms with Crippen LogP contribution in [0.2, 0.25) is 0 Å². The fourth-order valence-corrected chi connectivity index (χ4v) is 2.63. The van der Waals surface area contributed by atoms with Gasteiger partial charge in [-0.3, -0.25) is 9.40 Å². The third-order valence-corrected chi connectivity index (χ3v) is 3.74. The van der Waals surface area contributed by atoms with E-state index in [9.17, 15) is 8.42 Å². The van der Waals surface area contributed by atoms with E-state index in [0.717, 1.165) is 0 Å². The second-order valence-electron chi connectivity index (χ2n) is 3.88. The third kappa shape index (κ3) is 3.05. The van der Waals surface area contributed by atoms with E-state index in [0.29, 0.717) is 18.0 Å². The van der Waals surface area contributed by atoms with Crippen LogP contribution in [-0.4, -0.2) is 24.8 Å². The standard InChI is InChI=1S/C12H15N3O3S/c1-3-18-12-7-5-4-6-11(12)14-19(16,17)10-8-13-15(2)9-10/h4-9,14H,3H2,1-2H3. The molecule has 0 aliphatic rings.